The molecule has 130 valence electrons. The fraction of sp³-hybridized carbons (Fsp3) is 0.588. The average molecular weight is 326 g/mol. The van der Waals surface area contributed by atoms with Crippen LogP contribution in [0.5, 0.6) is 0 Å². The second-order valence-corrected chi connectivity index (χ2v) is 6.23. The molecule has 5 nitrogen and oxygen atoms in total. The molecule has 1 rings (SSSR count). The molecule has 1 aromatic carbocycles. The van der Waals surface area contributed by atoms with E-state index < -0.39 is 5.60 Å². The average Bonchev–Trinajstić information content (AvgIpc) is 2.46. The molecule has 1 aromatic rings. The summed E-state index contributed by atoms with van der Waals surface area (Å²) in [4.78, 5) is 13.7. The first-order chi connectivity index (χ1) is 10.8. The van der Waals surface area contributed by atoms with Crippen LogP contribution >= 0.6 is 0 Å². The van der Waals surface area contributed by atoms with E-state index in [1.165, 1.54) is 6.07 Å². The fourth-order valence-corrected chi connectivity index (χ4v) is 1.90. The number of benzene rings is 1. The Balaban J connectivity index is 2.44. The lowest BCUT2D eigenvalue weighted by atomic mass is 10.2. The molecule has 0 aliphatic carbocycles. The molecular weight excluding hydrogens is 299 g/mol. The molecule has 0 saturated carbocycles. The van der Waals surface area contributed by atoms with Gasteiger partial charge in [-0.15, -0.1) is 0 Å². The number of hydrogen-bond donors (Lipinski definition) is 1. The Hall–Kier alpha value is -1.66. The number of methoxy groups -OCH3 is 1. The van der Waals surface area contributed by atoms with Gasteiger partial charge in [0.05, 0.1) is 6.61 Å². The number of amides is 1. The summed E-state index contributed by atoms with van der Waals surface area (Å²) in [6.45, 7) is 7.80. The van der Waals surface area contributed by atoms with Crippen molar-refractivity contribution in [3.05, 3.63) is 35.6 Å². The Kier molecular flexibility index (Phi) is 7.98. The number of ether oxygens (including phenoxy) is 2. The second-order valence-electron chi connectivity index (χ2n) is 6.23. The lowest BCUT2D eigenvalue weighted by Gasteiger charge is -2.27. The summed E-state index contributed by atoms with van der Waals surface area (Å²) >= 11 is 0. The highest BCUT2D eigenvalue weighted by atomic mass is 19.1. The van der Waals surface area contributed by atoms with E-state index in [-0.39, 0.29) is 11.9 Å². The first-order valence-electron chi connectivity index (χ1n) is 7.74. The van der Waals surface area contributed by atoms with E-state index >= 15 is 0 Å². The molecule has 23 heavy (non-hydrogen) atoms. The van der Waals surface area contributed by atoms with Gasteiger partial charge < -0.3 is 19.7 Å². The Morgan fingerprint density at radius 2 is 1.96 bits per heavy atom. The molecule has 0 unspecified atom stereocenters. The van der Waals surface area contributed by atoms with Crippen LogP contribution in [-0.2, 0) is 16.0 Å². The van der Waals surface area contributed by atoms with Crippen molar-refractivity contribution in [2.24, 2.45) is 0 Å². The van der Waals surface area contributed by atoms with E-state index in [0.717, 1.165) is 0 Å². The van der Waals surface area contributed by atoms with Crippen LogP contribution in [0, 0.1) is 5.82 Å². The molecule has 1 N–H and O–H groups in total. The predicted molar refractivity (Wildman–Crippen MR) is 87.8 cm³/mol. The zero-order valence-electron chi connectivity index (χ0n) is 14.4. The number of nitrogens with zero attached hydrogens (tertiary/aromatic N) is 1. The van der Waals surface area contributed by atoms with E-state index in [9.17, 15) is 9.18 Å². The van der Waals surface area contributed by atoms with Gasteiger partial charge in [0.25, 0.3) is 0 Å². The van der Waals surface area contributed by atoms with Gasteiger partial charge in [-0.25, -0.2) is 9.18 Å². The normalized spacial score (nSPS) is 11.3. The van der Waals surface area contributed by atoms with Crippen LogP contribution < -0.4 is 5.32 Å². The zero-order chi connectivity index (χ0) is 17.3. The smallest absolute Gasteiger partial charge is 0.410 e. The van der Waals surface area contributed by atoms with Gasteiger partial charge >= 0.3 is 6.09 Å². The van der Waals surface area contributed by atoms with Crippen LogP contribution in [-0.4, -0.2) is 49.9 Å². The predicted octanol–water partition coefficient (Wildman–Crippen LogP) is 2.80. The van der Waals surface area contributed by atoms with Gasteiger partial charge in [0.15, 0.2) is 0 Å². The van der Waals surface area contributed by atoms with Crippen LogP contribution in [0.4, 0.5) is 9.18 Å². The topological polar surface area (TPSA) is 50.8 Å². The Labute approximate surface area is 137 Å². The van der Waals surface area contributed by atoms with Gasteiger partial charge in [0.2, 0.25) is 0 Å². The molecule has 0 aromatic heterocycles. The van der Waals surface area contributed by atoms with Gasteiger partial charge in [0.1, 0.15) is 11.4 Å². The molecule has 1 amide bonds. The van der Waals surface area contributed by atoms with Crippen LogP contribution in [0.25, 0.3) is 0 Å². The summed E-state index contributed by atoms with van der Waals surface area (Å²) in [7, 11) is 1.59. The van der Waals surface area contributed by atoms with Crippen molar-refractivity contribution < 1.29 is 18.7 Å². The molecule has 0 bridgehead atoms. The fourth-order valence-electron chi connectivity index (χ4n) is 1.90. The Morgan fingerprint density at radius 1 is 1.26 bits per heavy atom. The van der Waals surface area contributed by atoms with E-state index in [1.54, 1.807) is 30.2 Å². The van der Waals surface area contributed by atoms with E-state index in [4.69, 9.17) is 9.47 Å². The summed E-state index contributed by atoms with van der Waals surface area (Å²) in [6, 6.07) is 6.63. The number of rotatable bonds is 8. The summed E-state index contributed by atoms with van der Waals surface area (Å²) in [6.07, 6.45) is -0.373. The third-order valence-electron chi connectivity index (χ3n) is 3.05. The first-order valence-corrected chi connectivity index (χ1v) is 7.74. The standard InChI is InChI=1S/C17H27FN2O3/c1-17(2,3)23-16(21)20(11-12-22-4)10-9-19-13-14-7-5-6-8-15(14)18/h5-8,19H,9-13H2,1-4H3. The highest BCUT2D eigenvalue weighted by Crippen LogP contribution is 2.10. The number of carbonyl (C=O) groups is 1. The largest absolute Gasteiger partial charge is 0.444 e. The van der Waals surface area contributed by atoms with Gasteiger partial charge in [-0.3, -0.25) is 0 Å². The molecule has 0 atom stereocenters. The monoisotopic (exact) mass is 326 g/mol. The van der Waals surface area contributed by atoms with Crippen LogP contribution in [0.2, 0.25) is 0 Å². The maximum absolute atomic E-state index is 13.5. The van der Waals surface area contributed by atoms with Crippen molar-refractivity contribution in [1.29, 1.82) is 0 Å². The Morgan fingerprint density at radius 3 is 2.57 bits per heavy atom. The number of nitrogens with one attached hydrogen (secondary N) is 1. The lowest BCUT2D eigenvalue weighted by molar-refractivity contribution is 0.0204. The van der Waals surface area contributed by atoms with E-state index in [2.05, 4.69) is 5.32 Å². The maximum atomic E-state index is 13.5. The second kappa shape index (κ2) is 9.47. The third-order valence-corrected chi connectivity index (χ3v) is 3.05. The van der Waals surface area contributed by atoms with Crippen LogP contribution in [0.3, 0.4) is 0 Å². The maximum Gasteiger partial charge on any atom is 0.410 e. The molecule has 0 heterocycles. The summed E-state index contributed by atoms with van der Waals surface area (Å²) < 4.78 is 23.9. The molecule has 0 spiro atoms. The van der Waals surface area contributed by atoms with Crippen molar-refractivity contribution >= 4 is 6.09 Å². The minimum Gasteiger partial charge on any atom is -0.444 e. The highest BCUT2D eigenvalue weighted by Gasteiger charge is 2.21. The molecule has 0 radical (unpaired) electrons. The number of hydrogen-bond acceptors (Lipinski definition) is 4. The van der Waals surface area contributed by atoms with Crippen molar-refractivity contribution in [1.82, 2.24) is 10.2 Å². The molecule has 0 aliphatic heterocycles. The SMILES string of the molecule is COCCN(CCNCc1ccccc1F)C(=O)OC(C)(C)C. The molecule has 0 aliphatic rings. The quantitative estimate of drug-likeness (QED) is 0.746. The summed E-state index contributed by atoms with van der Waals surface area (Å²) in [5.74, 6) is -0.233. The van der Waals surface area contributed by atoms with Gasteiger partial charge in [-0.2, -0.15) is 0 Å². The number of carbonyl (C=O) groups excluding carboxylic acids is 1. The zero-order valence-corrected chi connectivity index (χ0v) is 14.4. The summed E-state index contributed by atoms with van der Waals surface area (Å²) in [5, 5.41) is 3.14. The van der Waals surface area contributed by atoms with Crippen LogP contribution in [0.1, 0.15) is 26.3 Å². The van der Waals surface area contributed by atoms with E-state index in [0.29, 0.717) is 38.3 Å². The van der Waals surface area contributed by atoms with Gasteiger partial charge in [-0.1, -0.05) is 18.2 Å². The lowest BCUT2D eigenvalue weighted by Crippen LogP contribution is -2.42. The van der Waals surface area contributed by atoms with E-state index in [1.807, 2.05) is 20.8 Å². The minimum absolute atomic E-state index is 0.233. The van der Waals surface area contributed by atoms with Gasteiger partial charge in [0, 0.05) is 38.9 Å². The van der Waals surface area contributed by atoms with Crippen molar-refractivity contribution in [2.75, 3.05) is 33.4 Å². The first kappa shape index (κ1) is 19.4. The molecule has 0 saturated heterocycles. The molecular formula is C17H27FN2O3. The van der Waals surface area contributed by atoms with Gasteiger partial charge in [-0.05, 0) is 26.8 Å². The van der Waals surface area contributed by atoms with Crippen molar-refractivity contribution in [2.45, 2.75) is 32.9 Å². The van der Waals surface area contributed by atoms with Crippen molar-refractivity contribution in [3.8, 4) is 0 Å². The van der Waals surface area contributed by atoms with Crippen molar-refractivity contribution in [3.63, 3.8) is 0 Å². The molecule has 0 fully saturated rings. The Bertz CT molecular complexity index is 489. The molecule has 6 heteroatoms. The van der Waals surface area contributed by atoms with Crippen LogP contribution in [0.15, 0.2) is 24.3 Å². The summed E-state index contributed by atoms with van der Waals surface area (Å²) in [5.41, 5.74) is 0.0661. The minimum atomic E-state index is -0.539. The highest BCUT2D eigenvalue weighted by molar-refractivity contribution is 5.68. The third kappa shape index (κ3) is 7.95. The number of halogens is 1.